The second kappa shape index (κ2) is 6.23. The number of hydrogen-bond acceptors (Lipinski definition) is 1. The molecule has 0 aromatic rings. The maximum Gasteiger partial charge on any atom is 0.220 e. The van der Waals surface area contributed by atoms with Gasteiger partial charge in [-0.05, 0) is 18.9 Å². The van der Waals surface area contributed by atoms with Gasteiger partial charge in [-0.1, -0.05) is 37.8 Å². The van der Waals surface area contributed by atoms with Crippen molar-refractivity contribution < 1.29 is 4.79 Å². The summed E-state index contributed by atoms with van der Waals surface area (Å²) in [7, 11) is 0. The van der Waals surface area contributed by atoms with Crippen LogP contribution >= 0.6 is 0 Å². The topological polar surface area (TPSA) is 43.1 Å². The van der Waals surface area contributed by atoms with E-state index in [1.807, 2.05) is 32.1 Å². The normalized spacial score (nSPS) is 14.5. The van der Waals surface area contributed by atoms with E-state index in [0.717, 1.165) is 5.57 Å². The summed E-state index contributed by atoms with van der Waals surface area (Å²) in [6, 6.07) is 0. The summed E-state index contributed by atoms with van der Waals surface area (Å²) < 4.78 is 0. The van der Waals surface area contributed by atoms with Crippen LogP contribution in [0.5, 0.6) is 0 Å². The second-order valence-electron chi connectivity index (χ2n) is 2.98. The Hall–Kier alpha value is -1.31. The summed E-state index contributed by atoms with van der Waals surface area (Å²) in [5, 5.41) is 0. The summed E-state index contributed by atoms with van der Waals surface area (Å²) in [6.45, 7) is 7.37. The molecular weight excluding hydrogens is 162 g/mol. The Balaban J connectivity index is 4.34. The summed E-state index contributed by atoms with van der Waals surface area (Å²) in [5.74, 6) is -0.387. The van der Waals surface area contributed by atoms with Crippen LogP contribution in [0.1, 0.15) is 20.3 Å². The molecule has 2 nitrogen and oxygen atoms in total. The first-order chi connectivity index (χ1) is 6.11. The number of allylic oxidation sites excluding steroid dienone is 5. The second-order valence-corrected chi connectivity index (χ2v) is 2.98. The predicted molar refractivity (Wildman–Crippen MR) is 56.1 cm³/mol. The van der Waals surface area contributed by atoms with Crippen molar-refractivity contribution in [2.75, 3.05) is 0 Å². The summed E-state index contributed by atoms with van der Waals surface area (Å²) >= 11 is 0. The van der Waals surface area contributed by atoms with Crippen LogP contribution in [0.3, 0.4) is 0 Å². The molecule has 0 saturated heterocycles. The SMILES string of the molecule is C=C/C=C(\C=C/C)CC(C)C(N)=O. The van der Waals surface area contributed by atoms with E-state index in [1.165, 1.54) is 0 Å². The van der Waals surface area contributed by atoms with Gasteiger partial charge >= 0.3 is 0 Å². The fraction of sp³-hybridized carbons (Fsp3) is 0.364. The Bertz CT molecular complexity index is 238. The van der Waals surface area contributed by atoms with Crippen molar-refractivity contribution >= 4 is 5.91 Å². The molecule has 0 aromatic carbocycles. The maximum absolute atomic E-state index is 10.8. The first-order valence-corrected chi connectivity index (χ1v) is 4.35. The molecule has 0 bridgehead atoms. The smallest absolute Gasteiger partial charge is 0.220 e. The quantitative estimate of drug-likeness (QED) is 0.646. The van der Waals surface area contributed by atoms with Crippen LogP contribution in [0.4, 0.5) is 0 Å². The zero-order chi connectivity index (χ0) is 10.3. The van der Waals surface area contributed by atoms with Crippen molar-refractivity contribution in [2.45, 2.75) is 20.3 Å². The lowest BCUT2D eigenvalue weighted by Gasteiger charge is -2.06. The van der Waals surface area contributed by atoms with E-state index in [2.05, 4.69) is 6.58 Å². The largest absolute Gasteiger partial charge is 0.369 e. The van der Waals surface area contributed by atoms with Gasteiger partial charge in [0.05, 0.1) is 0 Å². The van der Waals surface area contributed by atoms with Crippen molar-refractivity contribution in [2.24, 2.45) is 11.7 Å². The molecule has 0 aromatic heterocycles. The van der Waals surface area contributed by atoms with E-state index in [0.29, 0.717) is 6.42 Å². The molecule has 13 heavy (non-hydrogen) atoms. The third-order valence-electron chi connectivity index (χ3n) is 1.74. The van der Waals surface area contributed by atoms with Crippen molar-refractivity contribution in [3.05, 3.63) is 36.5 Å². The van der Waals surface area contributed by atoms with Gasteiger partial charge in [-0.2, -0.15) is 0 Å². The lowest BCUT2D eigenvalue weighted by atomic mass is 10.00. The van der Waals surface area contributed by atoms with Crippen molar-refractivity contribution in [3.8, 4) is 0 Å². The molecule has 0 aliphatic rings. The maximum atomic E-state index is 10.8. The number of nitrogens with two attached hydrogens (primary N) is 1. The van der Waals surface area contributed by atoms with Crippen LogP contribution in [-0.2, 0) is 4.79 Å². The van der Waals surface area contributed by atoms with Gasteiger partial charge in [0.25, 0.3) is 0 Å². The Labute approximate surface area is 79.8 Å². The molecule has 0 fully saturated rings. The van der Waals surface area contributed by atoms with Crippen LogP contribution in [0.2, 0.25) is 0 Å². The lowest BCUT2D eigenvalue weighted by molar-refractivity contribution is -0.121. The highest BCUT2D eigenvalue weighted by molar-refractivity contribution is 5.76. The molecule has 2 N–H and O–H groups in total. The van der Waals surface area contributed by atoms with Gasteiger partial charge in [-0.25, -0.2) is 0 Å². The minimum atomic E-state index is -0.264. The molecule has 0 aliphatic heterocycles. The van der Waals surface area contributed by atoms with Gasteiger partial charge in [0, 0.05) is 5.92 Å². The third kappa shape index (κ3) is 5.01. The van der Waals surface area contributed by atoms with Gasteiger partial charge in [-0.15, -0.1) is 0 Å². The summed E-state index contributed by atoms with van der Waals surface area (Å²) in [4.78, 5) is 10.8. The standard InChI is InChI=1S/C11H17NO/c1-4-6-10(7-5-2)8-9(3)11(12)13/h4-7,9H,1,8H2,2-3H3,(H2,12,13)/b7-5-,10-6+. The molecule has 1 unspecified atom stereocenters. The number of hydrogen-bond donors (Lipinski definition) is 1. The number of carbonyl (C=O) groups excluding carboxylic acids is 1. The number of rotatable bonds is 5. The summed E-state index contributed by atoms with van der Waals surface area (Å²) in [6.07, 6.45) is 8.17. The lowest BCUT2D eigenvalue weighted by Crippen LogP contribution is -2.20. The zero-order valence-electron chi connectivity index (χ0n) is 8.29. The number of amides is 1. The Morgan fingerprint density at radius 3 is 2.62 bits per heavy atom. The van der Waals surface area contributed by atoms with E-state index in [1.54, 1.807) is 6.08 Å². The van der Waals surface area contributed by atoms with Gasteiger partial charge < -0.3 is 5.73 Å². The van der Waals surface area contributed by atoms with Crippen LogP contribution < -0.4 is 5.73 Å². The Kier molecular flexibility index (Phi) is 5.60. The average Bonchev–Trinajstić information content (AvgIpc) is 2.05. The monoisotopic (exact) mass is 179 g/mol. The van der Waals surface area contributed by atoms with Crippen LogP contribution in [0.25, 0.3) is 0 Å². The molecule has 0 aliphatic carbocycles. The van der Waals surface area contributed by atoms with E-state index >= 15 is 0 Å². The highest BCUT2D eigenvalue weighted by Crippen LogP contribution is 2.12. The van der Waals surface area contributed by atoms with E-state index in [4.69, 9.17) is 5.73 Å². The first-order valence-electron chi connectivity index (χ1n) is 4.35. The predicted octanol–water partition coefficient (Wildman–Crippen LogP) is 2.19. The molecule has 0 spiro atoms. The molecule has 0 heterocycles. The minimum Gasteiger partial charge on any atom is -0.369 e. The fourth-order valence-corrected chi connectivity index (χ4v) is 1.01. The zero-order valence-corrected chi connectivity index (χ0v) is 8.29. The molecule has 0 rings (SSSR count). The van der Waals surface area contributed by atoms with Crippen molar-refractivity contribution in [1.82, 2.24) is 0 Å². The van der Waals surface area contributed by atoms with Gasteiger partial charge in [0.15, 0.2) is 0 Å². The molecular formula is C11H17NO. The molecule has 1 amide bonds. The van der Waals surface area contributed by atoms with Gasteiger partial charge in [0.1, 0.15) is 0 Å². The van der Waals surface area contributed by atoms with Gasteiger partial charge in [-0.3, -0.25) is 4.79 Å². The molecule has 72 valence electrons. The average molecular weight is 179 g/mol. The Morgan fingerprint density at radius 1 is 1.62 bits per heavy atom. The number of primary amides is 1. The fourth-order valence-electron chi connectivity index (χ4n) is 1.01. The number of carbonyl (C=O) groups is 1. The third-order valence-corrected chi connectivity index (χ3v) is 1.74. The highest BCUT2D eigenvalue weighted by atomic mass is 16.1. The van der Waals surface area contributed by atoms with E-state index < -0.39 is 0 Å². The van der Waals surface area contributed by atoms with Crippen LogP contribution in [0, 0.1) is 5.92 Å². The molecule has 2 heteroatoms. The minimum absolute atomic E-state index is 0.123. The van der Waals surface area contributed by atoms with Crippen molar-refractivity contribution in [1.29, 1.82) is 0 Å². The van der Waals surface area contributed by atoms with E-state index in [9.17, 15) is 4.79 Å². The molecule has 1 atom stereocenters. The summed E-state index contributed by atoms with van der Waals surface area (Å²) in [5.41, 5.74) is 6.23. The first kappa shape index (κ1) is 11.7. The van der Waals surface area contributed by atoms with Crippen molar-refractivity contribution in [3.63, 3.8) is 0 Å². The Morgan fingerprint density at radius 2 is 2.23 bits per heavy atom. The molecule has 0 saturated carbocycles. The molecule has 0 radical (unpaired) electrons. The van der Waals surface area contributed by atoms with Gasteiger partial charge in [0.2, 0.25) is 5.91 Å². The van der Waals surface area contributed by atoms with E-state index in [-0.39, 0.29) is 11.8 Å². The van der Waals surface area contributed by atoms with Crippen LogP contribution in [-0.4, -0.2) is 5.91 Å². The van der Waals surface area contributed by atoms with Crippen LogP contribution in [0.15, 0.2) is 36.5 Å². The highest BCUT2D eigenvalue weighted by Gasteiger charge is 2.08.